The second-order valence-corrected chi connectivity index (χ2v) is 6.79. The SMILES string of the molecule is Cc1cc(NC(=O)CSc2nc(C(F)(F)F)cc(=O)[nH]2)n(-c2ccc(F)cc2)n1. The van der Waals surface area contributed by atoms with Crippen LogP contribution in [0.25, 0.3) is 5.69 Å². The number of aromatic amines is 1. The molecule has 3 aromatic rings. The van der Waals surface area contributed by atoms with Gasteiger partial charge in [0.1, 0.15) is 11.6 Å². The lowest BCUT2D eigenvalue weighted by Crippen LogP contribution is -2.19. The van der Waals surface area contributed by atoms with Crippen LogP contribution in [0.15, 0.2) is 46.3 Å². The number of hydrogen-bond donors (Lipinski definition) is 2. The van der Waals surface area contributed by atoms with Crippen molar-refractivity contribution in [3.8, 4) is 5.69 Å². The number of rotatable bonds is 5. The minimum atomic E-state index is -4.77. The predicted octanol–water partition coefficient (Wildman–Crippen LogP) is 3.15. The van der Waals surface area contributed by atoms with Gasteiger partial charge in [0.15, 0.2) is 10.9 Å². The number of amides is 1. The van der Waals surface area contributed by atoms with Gasteiger partial charge in [-0.25, -0.2) is 14.1 Å². The molecule has 0 spiro atoms. The molecule has 0 aliphatic heterocycles. The molecule has 2 N–H and O–H groups in total. The molecule has 0 aliphatic rings. The first kappa shape index (κ1) is 20.6. The van der Waals surface area contributed by atoms with Crippen molar-refractivity contribution in [3.63, 3.8) is 0 Å². The van der Waals surface area contributed by atoms with E-state index in [1.54, 1.807) is 13.0 Å². The molecule has 0 aliphatic carbocycles. The van der Waals surface area contributed by atoms with Crippen LogP contribution < -0.4 is 10.9 Å². The molecule has 29 heavy (non-hydrogen) atoms. The second kappa shape index (κ2) is 8.07. The molecule has 2 aromatic heterocycles. The first-order chi connectivity index (χ1) is 13.6. The van der Waals surface area contributed by atoms with Crippen molar-refractivity contribution in [3.05, 3.63) is 64.0 Å². The van der Waals surface area contributed by atoms with E-state index in [0.29, 0.717) is 35.0 Å². The Bertz CT molecular complexity index is 1090. The number of thioether (sulfide) groups is 1. The third-order valence-corrected chi connectivity index (χ3v) is 4.39. The number of H-pyrrole nitrogens is 1. The molecular weight excluding hydrogens is 414 g/mol. The zero-order valence-electron chi connectivity index (χ0n) is 14.7. The number of aryl methyl sites for hydroxylation is 1. The number of carbonyl (C=O) groups is 1. The van der Waals surface area contributed by atoms with Gasteiger partial charge in [0.05, 0.1) is 17.1 Å². The van der Waals surface area contributed by atoms with Crippen molar-refractivity contribution >= 4 is 23.5 Å². The fourth-order valence-corrected chi connectivity index (χ4v) is 3.00. The van der Waals surface area contributed by atoms with Gasteiger partial charge >= 0.3 is 6.18 Å². The van der Waals surface area contributed by atoms with E-state index < -0.39 is 29.2 Å². The number of nitrogens with one attached hydrogen (secondary N) is 2. The largest absolute Gasteiger partial charge is 0.433 e. The average molecular weight is 427 g/mol. The van der Waals surface area contributed by atoms with Crippen LogP contribution >= 0.6 is 11.8 Å². The topological polar surface area (TPSA) is 92.7 Å². The highest BCUT2D eigenvalue weighted by Gasteiger charge is 2.33. The smallest absolute Gasteiger partial charge is 0.310 e. The molecule has 1 amide bonds. The molecule has 152 valence electrons. The van der Waals surface area contributed by atoms with Crippen molar-refractivity contribution in [2.24, 2.45) is 0 Å². The summed E-state index contributed by atoms with van der Waals surface area (Å²) in [5.41, 5.74) is -1.22. The average Bonchev–Trinajstić information content (AvgIpc) is 2.99. The minimum Gasteiger partial charge on any atom is -0.310 e. The zero-order valence-corrected chi connectivity index (χ0v) is 15.6. The Balaban J connectivity index is 1.72. The van der Waals surface area contributed by atoms with Crippen LogP contribution in [0.3, 0.4) is 0 Å². The van der Waals surface area contributed by atoms with Gasteiger partial charge < -0.3 is 10.3 Å². The number of alkyl halides is 3. The van der Waals surface area contributed by atoms with E-state index in [1.165, 1.54) is 28.9 Å². The summed E-state index contributed by atoms with van der Waals surface area (Å²) in [6.07, 6.45) is -4.77. The van der Waals surface area contributed by atoms with Gasteiger partial charge in [0, 0.05) is 12.1 Å². The minimum absolute atomic E-state index is 0.296. The van der Waals surface area contributed by atoms with Crippen LogP contribution in [-0.4, -0.2) is 31.4 Å². The number of hydrogen-bond acceptors (Lipinski definition) is 5. The maximum Gasteiger partial charge on any atom is 0.433 e. The lowest BCUT2D eigenvalue weighted by atomic mass is 10.3. The molecule has 2 heterocycles. The Morgan fingerprint density at radius 2 is 1.93 bits per heavy atom. The van der Waals surface area contributed by atoms with E-state index in [9.17, 15) is 27.2 Å². The van der Waals surface area contributed by atoms with E-state index in [0.717, 1.165) is 0 Å². The summed E-state index contributed by atoms with van der Waals surface area (Å²) in [4.78, 5) is 29.1. The van der Waals surface area contributed by atoms with Crippen LogP contribution in [0.2, 0.25) is 0 Å². The maximum absolute atomic E-state index is 13.1. The number of carbonyl (C=O) groups excluding carboxylic acids is 1. The molecule has 0 bridgehead atoms. The van der Waals surface area contributed by atoms with Gasteiger partial charge in [-0.2, -0.15) is 18.3 Å². The van der Waals surface area contributed by atoms with Gasteiger partial charge in [-0.1, -0.05) is 11.8 Å². The highest BCUT2D eigenvalue weighted by Crippen LogP contribution is 2.27. The maximum atomic E-state index is 13.1. The Labute approximate surface area is 165 Å². The standard InChI is InChI=1S/C17H13F4N5O2S/c1-9-6-13(26(25-9)11-4-2-10(18)3-5-11)23-15(28)8-29-16-22-12(17(19,20)21)7-14(27)24-16/h2-7H,8H2,1H3,(H,23,28)(H,22,24,27). The Kier molecular flexibility index (Phi) is 5.73. The van der Waals surface area contributed by atoms with Gasteiger partial charge in [0.25, 0.3) is 5.56 Å². The predicted molar refractivity (Wildman–Crippen MR) is 97.5 cm³/mol. The molecule has 0 saturated heterocycles. The van der Waals surface area contributed by atoms with Crippen LogP contribution in [0.4, 0.5) is 23.4 Å². The van der Waals surface area contributed by atoms with Crippen molar-refractivity contribution in [1.29, 1.82) is 0 Å². The lowest BCUT2D eigenvalue weighted by molar-refractivity contribution is -0.141. The van der Waals surface area contributed by atoms with E-state index in [-0.39, 0.29) is 10.9 Å². The molecule has 0 saturated carbocycles. The number of halogens is 4. The van der Waals surface area contributed by atoms with Gasteiger partial charge in [-0.15, -0.1) is 0 Å². The molecule has 1 aromatic carbocycles. The lowest BCUT2D eigenvalue weighted by Gasteiger charge is -2.09. The fourth-order valence-electron chi connectivity index (χ4n) is 2.33. The quantitative estimate of drug-likeness (QED) is 0.371. The van der Waals surface area contributed by atoms with Gasteiger partial charge in [-0.3, -0.25) is 9.59 Å². The van der Waals surface area contributed by atoms with Crippen molar-refractivity contribution in [1.82, 2.24) is 19.7 Å². The molecule has 0 radical (unpaired) electrons. The third-order valence-electron chi connectivity index (χ3n) is 3.52. The summed E-state index contributed by atoms with van der Waals surface area (Å²) in [5.74, 6) is -0.997. The van der Waals surface area contributed by atoms with Gasteiger partial charge in [0.2, 0.25) is 5.91 Å². The molecule has 0 atom stereocenters. The summed E-state index contributed by atoms with van der Waals surface area (Å²) in [6.45, 7) is 1.70. The Hall–Kier alpha value is -3.15. The normalized spacial score (nSPS) is 11.5. The van der Waals surface area contributed by atoms with E-state index in [1.807, 2.05) is 0 Å². The number of aromatic nitrogens is 4. The monoisotopic (exact) mass is 427 g/mol. The first-order valence-electron chi connectivity index (χ1n) is 8.05. The Morgan fingerprint density at radius 3 is 2.59 bits per heavy atom. The first-order valence-corrected chi connectivity index (χ1v) is 9.04. The van der Waals surface area contributed by atoms with E-state index in [4.69, 9.17) is 0 Å². The second-order valence-electron chi connectivity index (χ2n) is 5.83. The summed E-state index contributed by atoms with van der Waals surface area (Å²) in [5, 5.41) is 6.47. The molecule has 7 nitrogen and oxygen atoms in total. The van der Waals surface area contributed by atoms with Crippen LogP contribution in [0, 0.1) is 12.7 Å². The van der Waals surface area contributed by atoms with Crippen molar-refractivity contribution in [2.75, 3.05) is 11.1 Å². The number of anilines is 1. The third kappa shape index (κ3) is 5.22. The van der Waals surface area contributed by atoms with E-state index in [2.05, 4.69) is 20.4 Å². The fraction of sp³-hybridized carbons (Fsp3) is 0.176. The highest BCUT2D eigenvalue weighted by atomic mass is 32.2. The summed E-state index contributed by atoms with van der Waals surface area (Å²) >= 11 is 0.645. The zero-order chi connectivity index (χ0) is 21.2. The highest BCUT2D eigenvalue weighted by molar-refractivity contribution is 7.99. The van der Waals surface area contributed by atoms with Crippen LogP contribution in [0.1, 0.15) is 11.4 Å². The number of nitrogens with zero attached hydrogens (tertiary/aromatic N) is 3. The number of benzene rings is 1. The van der Waals surface area contributed by atoms with Crippen LogP contribution in [0.5, 0.6) is 0 Å². The van der Waals surface area contributed by atoms with Crippen LogP contribution in [-0.2, 0) is 11.0 Å². The van der Waals surface area contributed by atoms with Crippen molar-refractivity contribution in [2.45, 2.75) is 18.3 Å². The van der Waals surface area contributed by atoms with E-state index >= 15 is 0 Å². The van der Waals surface area contributed by atoms with Crippen molar-refractivity contribution < 1.29 is 22.4 Å². The Morgan fingerprint density at radius 1 is 1.24 bits per heavy atom. The summed E-state index contributed by atoms with van der Waals surface area (Å²) in [7, 11) is 0. The van der Waals surface area contributed by atoms with Gasteiger partial charge in [-0.05, 0) is 31.2 Å². The molecule has 3 rings (SSSR count). The summed E-state index contributed by atoms with van der Waals surface area (Å²) in [6, 6.07) is 7.35. The molecule has 0 fully saturated rings. The molecule has 12 heteroatoms. The summed E-state index contributed by atoms with van der Waals surface area (Å²) < 4.78 is 52.7. The molecular formula is C17H13F4N5O2S. The molecule has 0 unspecified atom stereocenters.